The topological polar surface area (TPSA) is 68.7 Å². The fraction of sp³-hybridized carbons (Fsp3) is 0.355. The maximum atomic E-state index is 15.5. The van der Waals surface area contributed by atoms with Crippen LogP contribution in [0.15, 0.2) is 42.6 Å². The van der Waals surface area contributed by atoms with Crippen LogP contribution in [-0.2, 0) is 16.0 Å². The van der Waals surface area contributed by atoms with E-state index in [1.54, 1.807) is 12.3 Å². The molecule has 0 radical (unpaired) electrons. The van der Waals surface area contributed by atoms with E-state index < -0.39 is 17.7 Å². The van der Waals surface area contributed by atoms with Crippen molar-refractivity contribution in [3.8, 4) is 16.9 Å². The number of benzene rings is 3. The number of rotatable bonds is 5. The highest BCUT2D eigenvalue weighted by Crippen LogP contribution is 2.47. The van der Waals surface area contributed by atoms with Crippen molar-refractivity contribution >= 4 is 27.6 Å². The lowest BCUT2D eigenvalue weighted by Gasteiger charge is -2.29. The zero-order chi connectivity index (χ0) is 26.1. The SMILES string of the molecule is Cc1cc2cc(C3CC3)c(F)cc2c(-c2ccc3c4c(ccnc24)CCO3)c1[C@@H](OC(C)(C)C)C(=O)O. The van der Waals surface area contributed by atoms with Gasteiger partial charge in [-0.15, -0.1) is 0 Å². The zero-order valence-electron chi connectivity index (χ0n) is 21.5. The number of aromatic nitrogens is 1. The molecule has 37 heavy (non-hydrogen) atoms. The van der Waals surface area contributed by atoms with Gasteiger partial charge < -0.3 is 14.6 Å². The van der Waals surface area contributed by atoms with E-state index in [0.29, 0.717) is 23.1 Å². The molecule has 1 aliphatic heterocycles. The van der Waals surface area contributed by atoms with Crippen LogP contribution in [0.2, 0.25) is 0 Å². The summed E-state index contributed by atoms with van der Waals surface area (Å²) in [5.74, 6) is -0.334. The van der Waals surface area contributed by atoms with E-state index in [2.05, 4.69) is 0 Å². The third kappa shape index (κ3) is 4.13. The van der Waals surface area contributed by atoms with Gasteiger partial charge in [0.25, 0.3) is 0 Å². The minimum atomic E-state index is -1.24. The van der Waals surface area contributed by atoms with Crippen LogP contribution in [0.4, 0.5) is 4.39 Å². The highest BCUT2D eigenvalue weighted by Gasteiger charge is 2.34. The Kier molecular flexibility index (Phi) is 5.50. The standard InChI is InChI=1S/C31H30FNO4/c1-16-13-19-14-21(17-5-6-17)23(32)15-22(19)27(25(16)29(30(34)35)37-31(2,3)4)20-7-8-24-26-18(10-12-36-24)9-11-33-28(20)26/h7-9,11,13-15,17,29H,5-6,10,12H2,1-4H3,(H,34,35)/t29-/m1/s1. The smallest absolute Gasteiger partial charge is 0.337 e. The maximum Gasteiger partial charge on any atom is 0.337 e. The number of carboxylic acids is 1. The number of nitrogens with zero attached hydrogens (tertiary/aromatic N) is 1. The second-order valence-electron chi connectivity index (χ2n) is 11.2. The van der Waals surface area contributed by atoms with Crippen LogP contribution in [0.1, 0.15) is 67.9 Å². The predicted octanol–water partition coefficient (Wildman–Crippen LogP) is 7.26. The van der Waals surface area contributed by atoms with Crippen LogP contribution < -0.4 is 4.74 Å². The van der Waals surface area contributed by atoms with Crippen molar-refractivity contribution in [2.24, 2.45) is 0 Å². The van der Waals surface area contributed by atoms with E-state index in [-0.39, 0.29) is 11.7 Å². The van der Waals surface area contributed by atoms with Crippen molar-refractivity contribution in [3.63, 3.8) is 0 Å². The summed E-state index contributed by atoms with van der Waals surface area (Å²) in [5, 5.41) is 12.8. The number of pyridine rings is 1. The summed E-state index contributed by atoms with van der Waals surface area (Å²) in [4.78, 5) is 17.4. The van der Waals surface area contributed by atoms with Crippen LogP contribution >= 0.6 is 0 Å². The van der Waals surface area contributed by atoms with Crippen molar-refractivity contribution in [2.75, 3.05) is 6.61 Å². The maximum absolute atomic E-state index is 15.5. The van der Waals surface area contributed by atoms with E-state index in [1.807, 2.05) is 58.0 Å². The first-order valence-corrected chi connectivity index (χ1v) is 12.8. The number of carbonyl (C=O) groups is 1. The van der Waals surface area contributed by atoms with Crippen molar-refractivity contribution in [2.45, 2.75) is 64.6 Å². The highest BCUT2D eigenvalue weighted by atomic mass is 19.1. The minimum Gasteiger partial charge on any atom is -0.493 e. The lowest BCUT2D eigenvalue weighted by molar-refractivity contribution is -0.160. The van der Waals surface area contributed by atoms with Crippen LogP contribution in [0.5, 0.6) is 5.75 Å². The molecule has 3 aromatic carbocycles. The number of aliphatic carboxylic acids is 1. The van der Waals surface area contributed by atoms with Crippen molar-refractivity contribution < 1.29 is 23.8 Å². The predicted molar refractivity (Wildman–Crippen MR) is 142 cm³/mol. The van der Waals surface area contributed by atoms with Gasteiger partial charge in [0.05, 0.1) is 17.7 Å². The Balaban J connectivity index is 1.73. The van der Waals surface area contributed by atoms with Gasteiger partial charge in [0.1, 0.15) is 11.6 Å². The molecule has 0 unspecified atom stereocenters. The van der Waals surface area contributed by atoms with Gasteiger partial charge in [0.15, 0.2) is 6.10 Å². The average Bonchev–Trinajstić information content (AvgIpc) is 3.68. The van der Waals surface area contributed by atoms with E-state index in [0.717, 1.165) is 63.6 Å². The third-order valence-corrected chi connectivity index (χ3v) is 7.32. The first-order valence-electron chi connectivity index (χ1n) is 12.8. The van der Waals surface area contributed by atoms with E-state index in [1.165, 1.54) is 0 Å². The van der Waals surface area contributed by atoms with Crippen molar-refractivity contribution in [1.29, 1.82) is 0 Å². The molecule has 0 amide bonds. The Hall–Kier alpha value is -3.51. The Morgan fingerprint density at radius 1 is 1.19 bits per heavy atom. The van der Waals surface area contributed by atoms with E-state index in [9.17, 15) is 9.90 Å². The molecule has 4 aromatic rings. The summed E-state index contributed by atoms with van der Waals surface area (Å²) < 4.78 is 27.6. The Morgan fingerprint density at radius 3 is 2.68 bits per heavy atom. The molecule has 1 fully saturated rings. The molecule has 5 nitrogen and oxygen atoms in total. The van der Waals surface area contributed by atoms with Gasteiger partial charge in [-0.3, -0.25) is 4.98 Å². The van der Waals surface area contributed by atoms with Crippen LogP contribution in [0.25, 0.3) is 32.8 Å². The quantitative estimate of drug-likeness (QED) is 0.313. The number of aryl methyl sites for hydroxylation is 1. The summed E-state index contributed by atoms with van der Waals surface area (Å²) in [6, 6.07) is 11.3. The second kappa shape index (κ2) is 8.52. The molecule has 2 heterocycles. The molecule has 1 N–H and O–H groups in total. The summed E-state index contributed by atoms with van der Waals surface area (Å²) in [6.07, 6.45) is 3.28. The molecule has 1 aromatic heterocycles. The van der Waals surface area contributed by atoms with Gasteiger partial charge in [-0.05, 0) is 110 Å². The normalized spacial score (nSPS) is 16.1. The first kappa shape index (κ1) is 23.9. The van der Waals surface area contributed by atoms with E-state index in [4.69, 9.17) is 14.5 Å². The molecule has 1 saturated carbocycles. The molecule has 0 bridgehead atoms. The van der Waals surface area contributed by atoms with Gasteiger partial charge in [-0.1, -0.05) is 6.07 Å². The summed E-state index contributed by atoms with van der Waals surface area (Å²) in [5.41, 5.74) is 4.57. The van der Waals surface area contributed by atoms with Gasteiger partial charge in [-0.25, -0.2) is 9.18 Å². The largest absolute Gasteiger partial charge is 0.493 e. The van der Waals surface area contributed by atoms with Gasteiger partial charge in [0, 0.05) is 29.1 Å². The first-order chi connectivity index (χ1) is 17.6. The molecular formula is C31H30FNO4. The van der Waals surface area contributed by atoms with Crippen LogP contribution in [-0.4, -0.2) is 28.3 Å². The molecule has 1 atom stereocenters. The van der Waals surface area contributed by atoms with E-state index >= 15 is 4.39 Å². The fourth-order valence-electron chi connectivity index (χ4n) is 5.62. The van der Waals surface area contributed by atoms with Crippen LogP contribution in [0, 0.1) is 12.7 Å². The average molecular weight is 500 g/mol. The molecule has 6 heteroatoms. The molecule has 2 aliphatic rings. The third-order valence-electron chi connectivity index (χ3n) is 7.32. The number of fused-ring (bicyclic) bond motifs is 1. The molecule has 6 rings (SSSR count). The molecular weight excluding hydrogens is 469 g/mol. The zero-order valence-corrected chi connectivity index (χ0v) is 21.5. The molecule has 0 saturated heterocycles. The number of hydrogen-bond donors (Lipinski definition) is 1. The van der Waals surface area contributed by atoms with Crippen LogP contribution in [0.3, 0.4) is 0 Å². The van der Waals surface area contributed by atoms with Gasteiger partial charge in [0.2, 0.25) is 0 Å². The van der Waals surface area contributed by atoms with Crippen molar-refractivity contribution in [1.82, 2.24) is 4.98 Å². The fourth-order valence-corrected chi connectivity index (χ4v) is 5.62. The minimum absolute atomic E-state index is 0.253. The summed E-state index contributed by atoms with van der Waals surface area (Å²) in [6.45, 7) is 8.01. The monoisotopic (exact) mass is 499 g/mol. The molecule has 190 valence electrons. The number of halogens is 1. The second-order valence-corrected chi connectivity index (χ2v) is 11.2. The highest BCUT2D eigenvalue weighted by molar-refractivity contribution is 6.09. The Morgan fingerprint density at radius 2 is 1.97 bits per heavy atom. The number of ether oxygens (including phenoxy) is 2. The lowest BCUT2D eigenvalue weighted by atomic mass is 9.85. The van der Waals surface area contributed by atoms with Crippen molar-refractivity contribution in [3.05, 3.63) is 70.7 Å². The van der Waals surface area contributed by atoms with Gasteiger partial charge >= 0.3 is 5.97 Å². The molecule has 1 aliphatic carbocycles. The summed E-state index contributed by atoms with van der Waals surface area (Å²) >= 11 is 0. The number of hydrogen-bond acceptors (Lipinski definition) is 4. The molecule has 0 spiro atoms. The summed E-state index contributed by atoms with van der Waals surface area (Å²) in [7, 11) is 0. The number of carboxylic acid groups (broad SMARTS) is 1. The Bertz CT molecular complexity index is 1570. The van der Waals surface area contributed by atoms with Gasteiger partial charge in [-0.2, -0.15) is 0 Å². The lowest BCUT2D eigenvalue weighted by Crippen LogP contribution is -2.28. The Labute approximate surface area is 215 Å².